The van der Waals surface area contributed by atoms with Gasteiger partial charge in [-0.15, -0.1) is 0 Å². The molecule has 0 aliphatic rings. The Morgan fingerprint density at radius 3 is 2.07 bits per heavy atom. The Kier molecular flexibility index (Phi) is 15.4. The first-order valence-electron chi connectivity index (χ1n) is 7.80. The van der Waals surface area contributed by atoms with Crippen LogP contribution in [0.4, 0.5) is 0 Å². The number of carbonyl (C=O) groups excluding carboxylic acids is 1. The minimum absolute atomic E-state index is 0.0992. The molecule has 0 unspecified atom stereocenters. The summed E-state index contributed by atoms with van der Waals surface area (Å²) in [6.07, 6.45) is 3.51. The van der Waals surface area contributed by atoms with Gasteiger partial charge in [-0.25, -0.2) is 21.9 Å². The van der Waals surface area contributed by atoms with Gasteiger partial charge < -0.3 is 14.6 Å². The molecule has 6 nitrogen and oxygen atoms in total. The lowest BCUT2D eigenvalue weighted by atomic mass is 10.5. The van der Waals surface area contributed by atoms with E-state index in [1.165, 1.54) is 0 Å². The van der Waals surface area contributed by atoms with Gasteiger partial charge in [-0.05, 0) is 45.9 Å². The van der Waals surface area contributed by atoms with Crippen molar-refractivity contribution in [3.8, 4) is 0 Å². The number of aromatic nitrogens is 2. The second kappa shape index (κ2) is 17.2. The van der Waals surface area contributed by atoms with Crippen LogP contribution < -0.4 is 0 Å². The van der Waals surface area contributed by atoms with E-state index in [-0.39, 0.29) is 13.2 Å². The van der Waals surface area contributed by atoms with Gasteiger partial charge in [-0.3, -0.25) is 0 Å². The number of esters is 1. The molecule has 10 heteroatoms. The van der Waals surface area contributed by atoms with Gasteiger partial charge in [0.25, 0.3) is 0 Å². The minimum atomic E-state index is -0.390. The molecule has 0 aromatic carbocycles. The van der Waals surface area contributed by atoms with Crippen LogP contribution in [0.25, 0.3) is 0 Å². The first-order valence-corrected chi connectivity index (χ1v) is 12.4. The van der Waals surface area contributed by atoms with Crippen molar-refractivity contribution >= 4 is 49.1 Å². The van der Waals surface area contributed by atoms with E-state index in [1.54, 1.807) is 55.6 Å². The third kappa shape index (κ3) is 13.8. The van der Waals surface area contributed by atoms with Crippen LogP contribution in [-0.4, -0.2) is 52.4 Å². The van der Waals surface area contributed by atoms with Crippen molar-refractivity contribution in [3.63, 3.8) is 0 Å². The Morgan fingerprint density at radius 2 is 1.59 bits per heavy atom. The van der Waals surface area contributed by atoms with E-state index in [1.807, 2.05) is 36.4 Å². The number of rotatable bonds is 11. The molecular formula is C17H21N2O4S4-. The molecule has 0 spiro atoms. The maximum absolute atomic E-state index is 10.9. The first kappa shape index (κ1) is 24.1. The normalized spacial score (nSPS) is 10.0. The van der Waals surface area contributed by atoms with E-state index in [0.717, 1.165) is 15.8 Å². The molecule has 148 valence electrons. The van der Waals surface area contributed by atoms with Crippen LogP contribution >= 0.6 is 43.2 Å². The van der Waals surface area contributed by atoms with Gasteiger partial charge in [-0.1, -0.05) is 33.7 Å². The van der Waals surface area contributed by atoms with E-state index in [2.05, 4.69) is 21.8 Å². The number of hydrogen-bond acceptors (Lipinski definition) is 10. The molecule has 0 aliphatic heterocycles. The van der Waals surface area contributed by atoms with Crippen molar-refractivity contribution in [1.29, 1.82) is 0 Å². The maximum Gasteiger partial charge on any atom is 0.329 e. The maximum atomic E-state index is 10.9. The fourth-order valence-electron chi connectivity index (χ4n) is 1.35. The quantitative estimate of drug-likeness (QED) is 0.237. The zero-order valence-electron chi connectivity index (χ0n) is 14.6. The summed E-state index contributed by atoms with van der Waals surface area (Å²) in [6.45, 7) is 0.495. The summed E-state index contributed by atoms with van der Waals surface area (Å²) in [6, 6.07) is 11.5. The molecule has 1 N–H and O–H groups in total. The molecule has 0 fully saturated rings. The Balaban J connectivity index is 0.000000289. The summed E-state index contributed by atoms with van der Waals surface area (Å²) >= 11 is 0. The van der Waals surface area contributed by atoms with Crippen LogP contribution in [0.15, 0.2) is 58.8 Å². The predicted molar refractivity (Wildman–Crippen MR) is 114 cm³/mol. The fraction of sp³-hybridized carbons (Fsp3) is 0.294. The van der Waals surface area contributed by atoms with Crippen LogP contribution in [0.3, 0.4) is 0 Å². The molecule has 0 bridgehead atoms. The second-order valence-electron chi connectivity index (χ2n) is 4.44. The summed E-state index contributed by atoms with van der Waals surface area (Å²) in [5, 5.41) is 10.4. The molecule has 27 heavy (non-hydrogen) atoms. The van der Waals surface area contributed by atoms with Gasteiger partial charge in [0.2, 0.25) is 0 Å². The minimum Gasteiger partial charge on any atom is -0.547 e. The fourth-order valence-corrected chi connectivity index (χ4v) is 4.70. The molecule has 0 atom stereocenters. The number of pyridine rings is 2. The van der Waals surface area contributed by atoms with Crippen LogP contribution in [0.1, 0.15) is 0 Å². The van der Waals surface area contributed by atoms with Crippen molar-refractivity contribution in [2.24, 2.45) is 0 Å². The van der Waals surface area contributed by atoms with Crippen molar-refractivity contribution < 1.29 is 19.4 Å². The largest absolute Gasteiger partial charge is 0.547 e. The molecule has 0 aliphatic carbocycles. The van der Waals surface area contributed by atoms with E-state index < -0.39 is 5.97 Å². The van der Waals surface area contributed by atoms with Crippen LogP contribution in [0.2, 0.25) is 0 Å². The van der Waals surface area contributed by atoms with Gasteiger partial charge in [0.15, 0.2) is 0 Å². The summed E-state index contributed by atoms with van der Waals surface area (Å²) in [4.78, 5) is 19.1. The smallest absolute Gasteiger partial charge is 0.329 e. The highest BCUT2D eigenvalue weighted by atomic mass is 33.1. The molecule has 0 saturated carbocycles. The van der Waals surface area contributed by atoms with Crippen LogP contribution in [0.5, 0.6) is 0 Å². The Labute approximate surface area is 175 Å². The van der Waals surface area contributed by atoms with E-state index in [9.17, 15) is 4.79 Å². The molecule has 2 aromatic heterocycles. The highest BCUT2D eigenvalue weighted by Crippen LogP contribution is 2.28. The topological polar surface area (TPSA) is 81.5 Å². The number of aliphatic hydroxyl groups excluding tert-OH is 1. The average molecular weight is 446 g/mol. The molecular weight excluding hydrogens is 424 g/mol. The van der Waals surface area contributed by atoms with Crippen molar-refractivity contribution in [1.82, 2.24) is 9.97 Å². The van der Waals surface area contributed by atoms with E-state index in [0.29, 0.717) is 12.4 Å². The average Bonchev–Trinajstić information content (AvgIpc) is 2.70. The molecule has 2 rings (SSSR count). The molecule has 0 saturated heterocycles. The number of hydrogen-bond donors (Lipinski definition) is 1. The van der Waals surface area contributed by atoms with Gasteiger partial charge >= 0.3 is 5.97 Å². The number of nitrogens with zero attached hydrogens (tertiary/aromatic N) is 2. The SMILES string of the molecule is OCCSSc1ccccn1.[CH2-]OCC(=O)OCCSSc1ccccn1. The summed E-state index contributed by atoms with van der Waals surface area (Å²) in [5.41, 5.74) is 0. The van der Waals surface area contributed by atoms with Gasteiger partial charge in [0.05, 0.1) is 6.61 Å². The third-order valence-electron chi connectivity index (χ3n) is 2.39. The number of ether oxygens (including phenoxy) is 2. The van der Waals surface area contributed by atoms with Crippen molar-refractivity contribution in [2.45, 2.75) is 10.1 Å². The predicted octanol–water partition coefficient (Wildman–Crippen LogP) is 3.99. The summed E-state index contributed by atoms with van der Waals surface area (Å²) in [5.74, 6) is 1.07. The summed E-state index contributed by atoms with van der Waals surface area (Å²) < 4.78 is 9.25. The zero-order valence-corrected chi connectivity index (χ0v) is 17.8. The second-order valence-corrected chi connectivity index (χ2v) is 9.31. The standard InChI is InChI=1S/C10H12NO3S2.C7H9NOS2/c1-13-8-10(12)14-6-7-15-16-9-4-2-3-5-11-9;9-5-6-10-11-7-3-1-2-4-8-7/h2-5H,1,6-8H2;1-4,9H,5-6H2/q-1;. The molecule has 2 heterocycles. The van der Waals surface area contributed by atoms with E-state index in [4.69, 9.17) is 9.84 Å². The zero-order chi connectivity index (χ0) is 19.6. The first-order chi connectivity index (χ1) is 13.3. The van der Waals surface area contributed by atoms with Crippen LogP contribution in [0, 0.1) is 7.11 Å². The Morgan fingerprint density at radius 1 is 1.00 bits per heavy atom. The van der Waals surface area contributed by atoms with E-state index >= 15 is 0 Å². The van der Waals surface area contributed by atoms with Crippen molar-refractivity contribution in [3.05, 3.63) is 55.9 Å². The third-order valence-corrected chi connectivity index (χ3v) is 6.86. The van der Waals surface area contributed by atoms with Crippen molar-refractivity contribution in [2.75, 3.05) is 31.3 Å². The highest BCUT2D eigenvalue weighted by Gasteiger charge is 2.00. The van der Waals surface area contributed by atoms with Gasteiger partial charge in [0, 0.05) is 23.9 Å². The molecule has 0 amide bonds. The lowest BCUT2D eigenvalue weighted by Gasteiger charge is -2.05. The number of carbonyl (C=O) groups is 1. The lowest BCUT2D eigenvalue weighted by Crippen LogP contribution is -2.12. The van der Waals surface area contributed by atoms with Crippen LogP contribution in [-0.2, 0) is 14.3 Å². The van der Waals surface area contributed by atoms with Gasteiger partial charge in [-0.2, -0.15) is 0 Å². The molecule has 0 radical (unpaired) electrons. The summed E-state index contributed by atoms with van der Waals surface area (Å²) in [7, 11) is 9.44. The Bertz CT molecular complexity index is 608. The molecule has 2 aromatic rings. The van der Waals surface area contributed by atoms with Gasteiger partial charge in [0.1, 0.15) is 23.3 Å². The number of aliphatic hydroxyl groups is 1. The Hall–Kier alpha value is -0.910. The monoisotopic (exact) mass is 445 g/mol. The lowest BCUT2D eigenvalue weighted by molar-refractivity contribution is -0.146. The highest BCUT2D eigenvalue weighted by molar-refractivity contribution is 8.77.